The second-order valence-electron chi connectivity index (χ2n) is 4.56. The topological polar surface area (TPSA) is 64.1 Å². The number of ether oxygens (including phenoxy) is 1. The number of hydrogen-bond donors (Lipinski definition) is 1. The SMILES string of the molecule is O=C(COc1ccc(F)cc1)Nc1nc(-c2ccncc2)cs1. The molecule has 1 aromatic carbocycles. The zero-order valence-electron chi connectivity index (χ0n) is 11.9. The van der Waals surface area contributed by atoms with Crippen LogP contribution in [0.1, 0.15) is 0 Å². The van der Waals surface area contributed by atoms with E-state index >= 15 is 0 Å². The van der Waals surface area contributed by atoms with Crippen molar-refractivity contribution in [2.24, 2.45) is 0 Å². The van der Waals surface area contributed by atoms with Crippen molar-refractivity contribution >= 4 is 22.4 Å². The maximum Gasteiger partial charge on any atom is 0.264 e. The van der Waals surface area contributed by atoms with E-state index in [9.17, 15) is 9.18 Å². The van der Waals surface area contributed by atoms with Crippen molar-refractivity contribution in [2.45, 2.75) is 0 Å². The summed E-state index contributed by atoms with van der Waals surface area (Å²) in [6.45, 7) is -0.171. The van der Waals surface area contributed by atoms with E-state index in [4.69, 9.17) is 4.74 Å². The number of hydrogen-bond acceptors (Lipinski definition) is 5. The third kappa shape index (κ3) is 4.10. The van der Waals surface area contributed by atoms with Crippen LogP contribution in [0.25, 0.3) is 11.3 Å². The van der Waals surface area contributed by atoms with Crippen molar-refractivity contribution in [3.8, 4) is 17.0 Å². The molecule has 0 radical (unpaired) electrons. The number of rotatable bonds is 5. The zero-order valence-corrected chi connectivity index (χ0v) is 12.7. The quantitative estimate of drug-likeness (QED) is 0.779. The van der Waals surface area contributed by atoms with E-state index in [0.29, 0.717) is 10.9 Å². The van der Waals surface area contributed by atoms with Crippen LogP contribution in [0.3, 0.4) is 0 Å². The van der Waals surface area contributed by atoms with Crippen LogP contribution in [0.5, 0.6) is 5.75 Å². The van der Waals surface area contributed by atoms with Crippen molar-refractivity contribution in [1.82, 2.24) is 9.97 Å². The van der Waals surface area contributed by atoms with Gasteiger partial charge >= 0.3 is 0 Å². The van der Waals surface area contributed by atoms with Crippen LogP contribution < -0.4 is 10.1 Å². The highest BCUT2D eigenvalue weighted by Gasteiger charge is 2.08. The lowest BCUT2D eigenvalue weighted by atomic mass is 10.2. The van der Waals surface area contributed by atoms with Crippen LogP contribution >= 0.6 is 11.3 Å². The van der Waals surface area contributed by atoms with Crippen molar-refractivity contribution < 1.29 is 13.9 Å². The minimum Gasteiger partial charge on any atom is -0.484 e. The van der Waals surface area contributed by atoms with Gasteiger partial charge in [0.2, 0.25) is 0 Å². The number of pyridine rings is 1. The van der Waals surface area contributed by atoms with Crippen molar-refractivity contribution in [1.29, 1.82) is 0 Å². The summed E-state index contributed by atoms with van der Waals surface area (Å²) in [4.78, 5) is 20.1. The predicted molar refractivity (Wildman–Crippen MR) is 85.9 cm³/mol. The molecule has 0 atom stereocenters. The normalized spacial score (nSPS) is 10.3. The number of carbonyl (C=O) groups is 1. The predicted octanol–water partition coefficient (Wildman–Crippen LogP) is 3.36. The molecule has 116 valence electrons. The molecule has 0 saturated heterocycles. The summed E-state index contributed by atoms with van der Waals surface area (Å²) in [6.07, 6.45) is 3.37. The van der Waals surface area contributed by atoms with E-state index < -0.39 is 0 Å². The number of thiazole rings is 1. The molecule has 2 heterocycles. The number of amides is 1. The van der Waals surface area contributed by atoms with E-state index in [1.54, 1.807) is 12.4 Å². The van der Waals surface area contributed by atoms with Crippen LogP contribution in [0, 0.1) is 5.82 Å². The van der Waals surface area contributed by atoms with Gasteiger partial charge in [-0.15, -0.1) is 11.3 Å². The lowest BCUT2D eigenvalue weighted by Crippen LogP contribution is -2.20. The van der Waals surface area contributed by atoms with Gasteiger partial charge < -0.3 is 4.74 Å². The first-order chi connectivity index (χ1) is 11.2. The number of benzene rings is 1. The Kier molecular flexibility index (Phi) is 4.58. The maximum absolute atomic E-state index is 12.8. The first-order valence-electron chi connectivity index (χ1n) is 6.75. The average molecular weight is 329 g/mol. The summed E-state index contributed by atoms with van der Waals surface area (Å²) < 4.78 is 18.0. The molecule has 23 heavy (non-hydrogen) atoms. The van der Waals surface area contributed by atoms with Crippen LogP contribution in [0.4, 0.5) is 9.52 Å². The highest BCUT2D eigenvalue weighted by atomic mass is 32.1. The minimum absolute atomic E-state index is 0.171. The smallest absolute Gasteiger partial charge is 0.264 e. The third-order valence-electron chi connectivity index (χ3n) is 2.91. The average Bonchev–Trinajstić information content (AvgIpc) is 3.04. The van der Waals surface area contributed by atoms with Crippen LogP contribution in [-0.2, 0) is 4.79 Å². The molecule has 7 heteroatoms. The summed E-state index contributed by atoms with van der Waals surface area (Å²) in [7, 11) is 0. The van der Waals surface area contributed by atoms with Gasteiger partial charge in [0.1, 0.15) is 11.6 Å². The summed E-state index contributed by atoms with van der Waals surface area (Å²) >= 11 is 1.33. The first-order valence-corrected chi connectivity index (χ1v) is 7.63. The first kappa shape index (κ1) is 15.1. The van der Waals surface area contributed by atoms with Crippen molar-refractivity contribution in [3.63, 3.8) is 0 Å². The van der Waals surface area contributed by atoms with E-state index in [1.807, 2.05) is 17.5 Å². The Hall–Kier alpha value is -2.80. The van der Waals surface area contributed by atoms with E-state index in [0.717, 1.165) is 11.3 Å². The summed E-state index contributed by atoms with van der Waals surface area (Å²) in [5.41, 5.74) is 1.70. The Morgan fingerprint density at radius 1 is 1.17 bits per heavy atom. The highest BCUT2D eigenvalue weighted by Crippen LogP contribution is 2.24. The zero-order chi connectivity index (χ0) is 16.1. The highest BCUT2D eigenvalue weighted by molar-refractivity contribution is 7.14. The van der Waals surface area contributed by atoms with Gasteiger partial charge in [0.15, 0.2) is 11.7 Å². The number of carbonyl (C=O) groups excluding carboxylic acids is 1. The molecular weight excluding hydrogens is 317 g/mol. The number of nitrogens with zero attached hydrogens (tertiary/aromatic N) is 2. The molecule has 2 aromatic heterocycles. The van der Waals surface area contributed by atoms with Crippen LogP contribution in [-0.4, -0.2) is 22.5 Å². The number of aromatic nitrogens is 2. The summed E-state index contributed by atoms with van der Waals surface area (Å²) in [6, 6.07) is 9.17. The Morgan fingerprint density at radius 2 is 1.91 bits per heavy atom. The van der Waals surface area contributed by atoms with Gasteiger partial charge in [-0.2, -0.15) is 0 Å². The molecular formula is C16H12FN3O2S. The van der Waals surface area contributed by atoms with Crippen LogP contribution in [0.2, 0.25) is 0 Å². The minimum atomic E-state index is -0.353. The molecule has 0 unspecified atom stereocenters. The molecule has 1 amide bonds. The monoisotopic (exact) mass is 329 g/mol. The Morgan fingerprint density at radius 3 is 2.65 bits per heavy atom. The second-order valence-corrected chi connectivity index (χ2v) is 5.42. The van der Waals surface area contributed by atoms with Crippen LogP contribution in [0.15, 0.2) is 54.2 Å². The van der Waals surface area contributed by atoms with Gasteiger partial charge in [-0.25, -0.2) is 9.37 Å². The molecule has 1 N–H and O–H groups in total. The Bertz CT molecular complexity index is 791. The lowest BCUT2D eigenvalue weighted by Gasteiger charge is -2.05. The molecule has 0 fully saturated rings. The molecule has 0 bridgehead atoms. The van der Waals surface area contributed by atoms with Gasteiger partial charge in [-0.1, -0.05) is 0 Å². The number of halogens is 1. The molecule has 0 aliphatic carbocycles. The molecule has 3 rings (SSSR count). The van der Waals surface area contributed by atoms with E-state index in [2.05, 4.69) is 15.3 Å². The fraction of sp³-hybridized carbons (Fsp3) is 0.0625. The van der Waals surface area contributed by atoms with Crippen molar-refractivity contribution in [3.05, 3.63) is 60.0 Å². The summed E-state index contributed by atoms with van der Waals surface area (Å²) in [5.74, 6) is -0.253. The second kappa shape index (κ2) is 6.97. The molecule has 0 saturated carbocycles. The molecule has 0 aliphatic rings. The van der Waals surface area contributed by atoms with Gasteiger partial charge in [-0.3, -0.25) is 15.1 Å². The number of anilines is 1. The standard InChI is InChI=1S/C16H12FN3O2S/c17-12-1-3-13(4-2-12)22-9-15(21)20-16-19-14(10-23-16)11-5-7-18-8-6-11/h1-8,10H,9H2,(H,19,20,21). The fourth-order valence-electron chi connectivity index (χ4n) is 1.82. The maximum atomic E-state index is 12.8. The molecule has 5 nitrogen and oxygen atoms in total. The van der Waals surface area contributed by atoms with E-state index in [1.165, 1.54) is 35.6 Å². The molecule has 3 aromatic rings. The number of nitrogens with one attached hydrogen (secondary N) is 1. The molecule has 0 spiro atoms. The molecule has 0 aliphatic heterocycles. The van der Waals surface area contributed by atoms with Gasteiger partial charge in [0, 0.05) is 23.3 Å². The lowest BCUT2D eigenvalue weighted by molar-refractivity contribution is -0.118. The van der Waals surface area contributed by atoms with E-state index in [-0.39, 0.29) is 18.3 Å². The summed E-state index contributed by atoms with van der Waals surface area (Å²) in [5, 5.41) is 5.01. The Balaban J connectivity index is 1.56. The largest absolute Gasteiger partial charge is 0.484 e. The van der Waals surface area contributed by atoms with Gasteiger partial charge in [0.25, 0.3) is 5.91 Å². The van der Waals surface area contributed by atoms with Crippen molar-refractivity contribution in [2.75, 3.05) is 11.9 Å². The van der Waals surface area contributed by atoms with Gasteiger partial charge in [-0.05, 0) is 36.4 Å². The fourth-order valence-corrected chi connectivity index (χ4v) is 2.56. The third-order valence-corrected chi connectivity index (χ3v) is 3.67. The Labute approximate surface area is 135 Å². The van der Waals surface area contributed by atoms with Gasteiger partial charge in [0.05, 0.1) is 5.69 Å².